The summed E-state index contributed by atoms with van der Waals surface area (Å²) in [6.07, 6.45) is 0.204. The predicted molar refractivity (Wildman–Crippen MR) is 81.7 cm³/mol. The number of likely N-dealkylation sites (tertiary alicyclic amines) is 1. The van der Waals surface area contributed by atoms with E-state index < -0.39 is 12.0 Å². The number of anilines is 1. The molecule has 1 aromatic rings. The highest BCUT2D eigenvalue weighted by molar-refractivity contribution is 5.82. The third kappa shape index (κ3) is 3.62. The second-order valence-corrected chi connectivity index (χ2v) is 6.00. The molecular weight excluding hydrogens is 318 g/mol. The van der Waals surface area contributed by atoms with Crippen LogP contribution in [0.25, 0.3) is 0 Å². The fourth-order valence-electron chi connectivity index (χ4n) is 2.90. The van der Waals surface area contributed by atoms with Crippen LogP contribution in [0.5, 0.6) is 0 Å². The average molecular weight is 336 g/mol. The van der Waals surface area contributed by atoms with E-state index in [1.165, 1.54) is 11.1 Å². The van der Waals surface area contributed by atoms with Gasteiger partial charge in [-0.1, -0.05) is 0 Å². The summed E-state index contributed by atoms with van der Waals surface area (Å²) in [5.41, 5.74) is 0.467. The Balaban J connectivity index is 1.62. The van der Waals surface area contributed by atoms with Crippen LogP contribution in [0.4, 0.5) is 14.6 Å². The molecule has 0 N–H and O–H groups in total. The molecule has 1 aromatic heterocycles. The molecule has 0 spiro atoms. The van der Waals surface area contributed by atoms with Crippen molar-refractivity contribution in [3.05, 3.63) is 23.9 Å². The van der Waals surface area contributed by atoms with Crippen LogP contribution < -0.4 is 4.90 Å². The number of morpholine rings is 1. The van der Waals surface area contributed by atoms with E-state index in [1.54, 1.807) is 12.1 Å². The third-order valence-electron chi connectivity index (χ3n) is 4.35. The van der Waals surface area contributed by atoms with Gasteiger partial charge in [-0.05, 0) is 12.1 Å². The van der Waals surface area contributed by atoms with Gasteiger partial charge in [-0.3, -0.25) is 4.79 Å². The van der Waals surface area contributed by atoms with Crippen LogP contribution in [0.3, 0.4) is 0 Å². The van der Waals surface area contributed by atoms with Gasteiger partial charge >= 0.3 is 0 Å². The van der Waals surface area contributed by atoms with E-state index in [0.717, 1.165) is 0 Å². The molecule has 24 heavy (non-hydrogen) atoms. The molecule has 2 aliphatic rings. The number of amides is 1. The topological polar surface area (TPSA) is 69.5 Å². The van der Waals surface area contributed by atoms with Crippen molar-refractivity contribution in [2.24, 2.45) is 0 Å². The molecule has 128 valence electrons. The lowest BCUT2D eigenvalue weighted by Gasteiger charge is -2.38. The molecule has 0 saturated carbocycles. The van der Waals surface area contributed by atoms with Gasteiger partial charge in [0.2, 0.25) is 0 Å². The van der Waals surface area contributed by atoms with Crippen molar-refractivity contribution in [3.8, 4) is 6.07 Å². The number of hydrogen-bond acceptors (Lipinski definition) is 5. The maximum absolute atomic E-state index is 13.2. The second-order valence-electron chi connectivity index (χ2n) is 6.00. The Morgan fingerprint density at radius 2 is 2.08 bits per heavy atom. The average Bonchev–Trinajstić information content (AvgIpc) is 2.61. The van der Waals surface area contributed by atoms with Gasteiger partial charge in [0.25, 0.3) is 11.8 Å². The van der Waals surface area contributed by atoms with Gasteiger partial charge in [0.1, 0.15) is 11.9 Å². The molecule has 8 heteroatoms. The summed E-state index contributed by atoms with van der Waals surface area (Å²) in [6.45, 7) is 1.38. The summed E-state index contributed by atoms with van der Waals surface area (Å²) in [6, 6.07) is 5.40. The zero-order valence-electron chi connectivity index (χ0n) is 13.1. The summed E-state index contributed by atoms with van der Waals surface area (Å²) in [5, 5.41) is 8.81. The number of carbonyl (C=O) groups is 1. The Morgan fingerprint density at radius 1 is 1.33 bits per heavy atom. The Labute approximate surface area is 138 Å². The molecule has 3 heterocycles. The first kappa shape index (κ1) is 16.6. The lowest BCUT2D eigenvalue weighted by Crippen LogP contribution is -2.53. The highest BCUT2D eigenvalue weighted by Gasteiger charge is 2.38. The zero-order valence-corrected chi connectivity index (χ0v) is 13.1. The van der Waals surface area contributed by atoms with E-state index in [2.05, 4.69) is 4.98 Å². The minimum atomic E-state index is -2.68. The number of carbonyl (C=O) groups excluding carboxylic acids is 1. The lowest BCUT2D eigenvalue weighted by molar-refractivity contribution is -0.150. The van der Waals surface area contributed by atoms with Gasteiger partial charge in [-0.2, -0.15) is 5.26 Å². The van der Waals surface area contributed by atoms with E-state index in [0.29, 0.717) is 31.1 Å². The molecule has 0 aromatic carbocycles. The molecule has 6 nitrogen and oxygen atoms in total. The Kier molecular flexibility index (Phi) is 4.62. The maximum Gasteiger partial charge on any atom is 0.253 e. The molecule has 2 saturated heterocycles. The molecule has 2 aliphatic heterocycles. The molecule has 2 fully saturated rings. The van der Waals surface area contributed by atoms with E-state index in [1.807, 2.05) is 11.0 Å². The SMILES string of the molecule is N#Cc1ccc(N2CCOC(C(=O)N3CCC(F)(F)CC3)C2)nc1. The number of hydrogen-bond donors (Lipinski definition) is 0. The van der Waals surface area contributed by atoms with Crippen LogP contribution in [0.15, 0.2) is 18.3 Å². The van der Waals surface area contributed by atoms with Crippen molar-refractivity contribution in [1.29, 1.82) is 5.26 Å². The number of nitrogens with zero attached hydrogens (tertiary/aromatic N) is 4. The lowest BCUT2D eigenvalue weighted by atomic mass is 10.1. The fraction of sp³-hybridized carbons (Fsp3) is 0.562. The molecule has 1 amide bonds. The number of aromatic nitrogens is 1. The number of nitriles is 1. The normalized spacial score (nSPS) is 23.6. The van der Waals surface area contributed by atoms with Crippen LogP contribution >= 0.6 is 0 Å². The first-order valence-corrected chi connectivity index (χ1v) is 7.88. The minimum Gasteiger partial charge on any atom is -0.365 e. The first-order chi connectivity index (χ1) is 11.5. The van der Waals surface area contributed by atoms with Gasteiger partial charge in [0.15, 0.2) is 6.10 Å². The van der Waals surface area contributed by atoms with Gasteiger partial charge < -0.3 is 14.5 Å². The summed E-state index contributed by atoms with van der Waals surface area (Å²) < 4.78 is 32.0. The Bertz CT molecular complexity index is 634. The van der Waals surface area contributed by atoms with Crippen molar-refractivity contribution in [2.45, 2.75) is 24.9 Å². The first-order valence-electron chi connectivity index (χ1n) is 7.88. The Hall–Kier alpha value is -2.27. The molecule has 3 rings (SSSR count). The molecule has 1 atom stereocenters. The summed E-state index contributed by atoms with van der Waals surface area (Å²) in [4.78, 5) is 20.1. The zero-order chi connectivity index (χ0) is 17.2. The third-order valence-corrected chi connectivity index (χ3v) is 4.35. The van der Waals surface area contributed by atoms with E-state index >= 15 is 0 Å². The number of ether oxygens (including phenoxy) is 1. The van der Waals surface area contributed by atoms with Crippen molar-refractivity contribution < 1.29 is 18.3 Å². The van der Waals surface area contributed by atoms with Crippen molar-refractivity contribution >= 4 is 11.7 Å². The quantitative estimate of drug-likeness (QED) is 0.817. The van der Waals surface area contributed by atoms with Crippen molar-refractivity contribution in [3.63, 3.8) is 0 Å². The number of rotatable bonds is 2. The summed E-state index contributed by atoms with van der Waals surface area (Å²) in [5.74, 6) is -2.26. The predicted octanol–water partition coefficient (Wildman–Crippen LogP) is 1.42. The van der Waals surface area contributed by atoms with E-state index in [9.17, 15) is 13.6 Å². The smallest absolute Gasteiger partial charge is 0.253 e. The molecule has 0 aliphatic carbocycles. The van der Waals surface area contributed by atoms with Crippen LogP contribution in [-0.4, -0.2) is 60.6 Å². The maximum atomic E-state index is 13.2. The van der Waals surface area contributed by atoms with Gasteiger partial charge in [-0.15, -0.1) is 0 Å². The summed E-state index contributed by atoms with van der Waals surface area (Å²) >= 11 is 0. The second kappa shape index (κ2) is 6.69. The highest BCUT2D eigenvalue weighted by atomic mass is 19.3. The molecular formula is C16H18F2N4O2. The number of pyridine rings is 1. The Morgan fingerprint density at radius 3 is 2.71 bits per heavy atom. The number of halogens is 2. The standard InChI is InChI=1S/C16H18F2N4O2/c17-16(18)3-5-21(6-4-16)15(23)13-11-22(7-8-24-13)14-2-1-12(9-19)10-20-14/h1-2,10,13H,3-8,11H2. The molecule has 0 bridgehead atoms. The largest absolute Gasteiger partial charge is 0.365 e. The van der Waals surface area contributed by atoms with Gasteiger partial charge in [0, 0.05) is 38.7 Å². The van der Waals surface area contributed by atoms with E-state index in [-0.39, 0.29) is 31.8 Å². The van der Waals surface area contributed by atoms with Crippen molar-refractivity contribution in [1.82, 2.24) is 9.88 Å². The fourth-order valence-corrected chi connectivity index (χ4v) is 2.90. The van der Waals surface area contributed by atoms with Crippen LogP contribution in [-0.2, 0) is 9.53 Å². The summed E-state index contributed by atoms with van der Waals surface area (Å²) in [7, 11) is 0. The molecule has 1 unspecified atom stereocenters. The number of piperidine rings is 1. The van der Waals surface area contributed by atoms with Gasteiger partial charge in [-0.25, -0.2) is 13.8 Å². The minimum absolute atomic E-state index is 0.0564. The van der Waals surface area contributed by atoms with E-state index in [4.69, 9.17) is 10.00 Å². The van der Waals surface area contributed by atoms with Crippen LogP contribution in [0.1, 0.15) is 18.4 Å². The van der Waals surface area contributed by atoms with Crippen molar-refractivity contribution in [2.75, 3.05) is 37.7 Å². The van der Waals surface area contributed by atoms with Crippen LogP contribution in [0, 0.1) is 11.3 Å². The monoisotopic (exact) mass is 336 g/mol. The van der Waals surface area contributed by atoms with Gasteiger partial charge in [0.05, 0.1) is 18.7 Å². The van der Waals surface area contributed by atoms with Crippen LogP contribution in [0.2, 0.25) is 0 Å². The molecule has 0 radical (unpaired) electrons. The number of alkyl halides is 2. The highest BCUT2D eigenvalue weighted by Crippen LogP contribution is 2.28.